The molecule has 0 radical (unpaired) electrons. The number of morpholine rings is 1. The van der Waals surface area contributed by atoms with Crippen LogP contribution in [0.1, 0.15) is 18.9 Å². The molecule has 8 heteroatoms. The molecule has 0 saturated carbocycles. The van der Waals surface area contributed by atoms with Crippen LogP contribution >= 0.6 is 0 Å². The highest BCUT2D eigenvalue weighted by Crippen LogP contribution is 2.28. The van der Waals surface area contributed by atoms with Gasteiger partial charge < -0.3 is 14.2 Å². The number of aromatic nitrogens is 1. The summed E-state index contributed by atoms with van der Waals surface area (Å²) in [5.74, 6) is -0.542. The Kier molecular flexibility index (Phi) is 5.85. The van der Waals surface area contributed by atoms with Crippen LogP contribution in [0.4, 0.5) is 10.1 Å². The van der Waals surface area contributed by atoms with Crippen molar-refractivity contribution in [3.63, 3.8) is 0 Å². The topological polar surface area (TPSA) is 68.6 Å². The van der Waals surface area contributed by atoms with E-state index >= 15 is 4.39 Å². The van der Waals surface area contributed by atoms with E-state index in [9.17, 15) is 13.2 Å². The Morgan fingerprint density at radius 1 is 1.13 bits per heavy atom. The lowest BCUT2D eigenvalue weighted by Gasteiger charge is -2.29. The minimum atomic E-state index is -4.05. The number of aryl methyl sites for hydroxylation is 2. The molecule has 0 aliphatic carbocycles. The van der Waals surface area contributed by atoms with Gasteiger partial charge >= 0.3 is 0 Å². The summed E-state index contributed by atoms with van der Waals surface area (Å²) in [6.45, 7) is 6.38. The van der Waals surface area contributed by atoms with E-state index in [1.54, 1.807) is 29.7 Å². The van der Waals surface area contributed by atoms with Gasteiger partial charge in [0.25, 0.3) is 0 Å². The lowest BCUT2D eigenvalue weighted by molar-refractivity contribution is 0.122. The van der Waals surface area contributed by atoms with Crippen molar-refractivity contribution in [1.82, 2.24) is 4.57 Å². The fourth-order valence-corrected chi connectivity index (χ4v) is 5.42. The number of nitrogens with zero attached hydrogens (tertiary/aromatic N) is 2. The molecular formula is C23H25FN2O4S. The van der Waals surface area contributed by atoms with E-state index in [0.29, 0.717) is 44.1 Å². The second-order valence-corrected chi connectivity index (χ2v) is 9.67. The Morgan fingerprint density at radius 3 is 2.55 bits per heavy atom. The zero-order valence-corrected chi connectivity index (χ0v) is 18.4. The fourth-order valence-electron chi connectivity index (χ4n) is 3.95. The van der Waals surface area contributed by atoms with Gasteiger partial charge in [0, 0.05) is 25.8 Å². The number of ether oxygens (including phenoxy) is 1. The normalized spacial score (nSPS) is 14.9. The van der Waals surface area contributed by atoms with Crippen molar-refractivity contribution in [2.45, 2.75) is 36.6 Å². The summed E-state index contributed by atoms with van der Waals surface area (Å²) in [7, 11) is -4.05. The first-order chi connectivity index (χ1) is 14.8. The number of hydrogen-bond acceptors (Lipinski definition) is 5. The SMILES string of the molecule is CCCn1cc(S(=O)(=O)c2cccc(C)c2)c(=O)c2cc(F)c(N3CCOCC3)cc21. The standard InChI is InChI=1S/C23H25FN2O4S/c1-3-7-26-15-22(31(28,29)17-6-4-5-16(2)12-17)23(27)18-13-19(24)21(14-20(18)26)25-8-10-30-11-9-25/h4-6,12-15H,3,7-11H2,1-2H3. The van der Waals surface area contributed by atoms with Gasteiger partial charge in [-0.2, -0.15) is 0 Å². The number of pyridine rings is 1. The van der Waals surface area contributed by atoms with Crippen molar-refractivity contribution in [3.8, 4) is 0 Å². The van der Waals surface area contributed by atoms with Crippen LogP contribution < -0.4 is 10.3 Å². The van der Waals surface area contributed by atoms with E-state index in [1.165, 1.54) is 24.4 Å². The first-order valence-corrected chi connectivity index (χ1v) is 11.8. The molecule has 0 unspecified atom stereocenters. The quantitative estimate of drug-likeness (QED) is 0.602. The van der Waals surface area contributed by atoms with Crippen LogP contribution in [0, 0.1) is 12.7 Å². The van der Waals surface area contributed by atoms with Gasteiger partial charge in [-0.05, 0) is 43.2 Å². The molecule has 3 aromatic rings. The Balaban J connectivity index is 1.95. The summed E-state index contributed by atoms with van der Waals surface area (Å²) in [5, 5.41) is 0.0664. The number of benzene rings is 2. The molecule has 4 rings (SSSR count). The number of halogens is 1. The summed E-state index contributed by atoms with van der Waals surface area (Å²) in [6.07, 6.45) is 2.12. The van der Waals surface area contributed by atoms with E-state index in [4.69, 9.17) is 4.74 Å². The van der Waals surface area contributed by atoms with E-state index in [-0.39, 0.29) is 15.2 Å². The molecule has 164 valence electrons. The Hall–Kier alpha value is -2.71. The maximum atomic E-state index is 15.0. The number of anilines is 1. The second-order valence-electron chi connectivity index (χ2n) is 7.76. The molecule has 1 aliphatic rings. The zero-order chi connectivity index (χ0) is 22.2. The molecule has 1 fully saturated rings. The van der Waals surface area contributed by atoms with E-state index < -0.39 is 21.1 Å². The van der Waals surface area contributed by atoms with Crippen LogP contribution in [0.3, 0.4) is 0 Å². The minimum absolute atomic E-state index is 0.0532. The zero-order valence-electron chi connectivity index (χ0n) is 17.6. The molecule has 1 saturated heterocycles. The van der Waals surface area contributed by atoms with Gasteiger partial charge in [0.1, 0.15) is 10.7 Å². The molecule has 6 nitrogen and oxygen atoms in total. The molecule has 0 N–H and O–H groups in total. The highest BCUT2D eigenvalue weighted by Gasteiger charge is 2.25. The maximum absolute atomic E-state index is 15.0. The maximum Gasteiger partial charge on any atom is 0.211 e. The molecule has 31 heavy (non-hydrogen) atoms. The first kappa shape index (κ1) is 21.5. The molecular weight excluding hydrogens is 419 g/mol. The molecule has 0 spiro atoms. The lowest BCUT2D eigenvalue weighted by atomic mass is 10.1. The Morgan fingerprint density at radius 2 is 1.87 bits per heavy atom. The first-order valence-electron chi connectivity index (χ1n) is 10.3. The largest absolute Gasteiger partial charge is 0.378 e. The van der Waals surface area contributed by atoms with Gasteiger partial charge in [-0.25, -0.2) is 12.8 Å². The predicted molar refractivity (Wildman–Crippen MR) is 118 cm³/mol. The molecule has 1 aromatic heterocycles. The van der Waals surface area contributed by atoms with Crippen molar-refractivity contribution in [3.05, 3.63) is 64.2 Å². The third-order valence-corrected chi connectivity index (χ3v) is 7.27. The van der Waals surface area contributed by atoms with Crippen molar-refractivity contribution < 1.29 is 17.5 Å². The van der Waals surface area contributed by atoms with Crippen LogP contribution in [0.5, 0.6) is 0 Å². The average molecular weight is 445 g/mol. The molecule has 0 bridgehead atoms. The van der Waals surface area contributed by atoms with Crippen LogP contribution in [0.15, 0.2) is 57.2 Å². The molecule has 0 amide bonds. The lowest BCUT2D eigenvalue weighted by Crippen LogP contribution is -2.36. The monoisotopic (exact) mass is 444 g/mol. The van der Waals surface area contributed by atoms with Crippen LogP contribution in [0.2, 0.25) is 0 Å². The number of sulfone groups is 1. The van der Waals surface area contributed by atoms with Gasteiger partial charge in [-0.15, -0.1) is 0 Å². The van der Waals surface area contributed by atoms with Crippen molar-refractivity contribution in [2.24, 2.45) is 0 Å². The second kappa shape index (κ2) is 8.43. The van der Waals surface area contributed by atoms with Gasteiger partial charge in [0.05, 0.1) is 34.7 Å². The minimum Gasteiger partial charge on any atom is -0.378 e. The third-order valence-electron chi connectivity index (χ3n) is 5.52. The summed E-state index contributed by atoms with van der Waals surface area (Å²) in [4.78, 5) is 14.8. The summed E-state index contributed by atoms with van der Waals surface area (Å²) < 4.78 is 48.7. The third kappa shape index (κ3) is 3.97. The molecule has 2 heterocycles. The summed E-state index contributed by atoms with van der Waals surface area (Å²) in [5.41, 5.74) is 1.01. The van der Waals surface area contributed by atoms with E-state index in [1.807, 2.05) is 11.8 Å². The van der Waals surface area contributed by atoms with Crippen molar-refractivity contribution >= 4 is 26.4 Å². The number of hydrogen-bond donors (Lipinski definition) is 0. The summed E-state index contributed by atoms with van der Waals surface area (Å²) in [6, 6.07) is 9.25. The van der Waals surface area contributed by atoms with Gasteiger partial charge in [-0.1, -0.05) is 19.1 Å². The Labute approximate surface area is 180 Å². The van der Waals surface area contributed by atoms with Crippen LogP contribution in [0.25, 0.3) is 10.9 Å². The van der Waals surface area contributed by atoms with Crippen molar-refractivity contribution in [2.75, 3.05) is 31.2 Å². The van der Waals surface area contributed by atoms with Gasteiger partial charge in [-0.3, -0.25) is 4.79 Å². The summed E-state index contributed by atoms with van der Waals surface area (Å²) >= 11 is 0. The Bertz CT molecular complexity index is 1290. The molecule has 1 aliphatic heterocycles. The molecule has 0 atom stereocenters. The highest BCUT2D eigenvalue weighted by molar-refractivity contribution is 7.91. The van der Waals surface area contributed by atoms with Crippen LogP contribution in [-0.2, 0) is 21.1 Å². The number of fused-ring (bicyclic) bond motifs is 1. The molecule has 2 aromatic carbocycles. The smallest absolute Gasteiger partial charge is 0.211 e. The van der Waals surface area contributed by atoms with Crippen molar-refractivity contribution in [1.29, 1.82) is 0 Å². The van der Waals surface area contributed by atoms with Crippen LogP contribution in [-0.4, -0.2) is 39.3 Å². The predicted octanol–water partition coefficient (Wildman–Crippen LogP) is 3.53. The highest BCUT2D eigenvalue weighted by atomic mass is 32.2. The van der Waals surface area contributed by atoms with E-state index in [2.05, 4.69) is 0 Å². The van der Waals surface area contributed by atoms with Gasteiger partial charge in [0.15, 0.2) is 0 Å². The average Bonchev–Trinajstić information content (AvgIpc) is 2.76. The van der Waals surface area contributed by atoms with E-state index in [0.717, 1.165) is 12.0 Å². The van der Waals surface area contributed by atoms with Gasteiger partial charge in [0.2, 0.25) is 15.3 Å². The number of rotatable bonds is 5. The fraction of sp³-hybridized carbons (Fsp3) is 0.348.